The number of aliphatic hydroxyl groups is 1. The third kappa shape index (κ3) is 6.88. The van der Waals surface area contributed by atoms with Crippen molar-refractivity contribution >= 4 is 0 Å². The molecular weight excluding hydrogens is 190 g/mol. The van der Waals surface area contributed by atoms with Gasteiger partial charge < -0.3 is 15.2 Å². The lowest BCUT2D eigenvalue weighted by molar-refractivity contribution is 0.145. The minimum absolute atomic E-state index is 0.190. The molecule has 15 heavy (non-hydrogen) atoms. The Balaban J connectivity index is 3.96. The van der Waals surface area contributed by atoms with Crippen LogP contribution in [-0.2, 0) is 4.74 Å². The number of rotatable bonds is 7. The van der Waals surface area contributed by atoms with E-state index in [1.165, 1.54) is 0 Å². The van der Waals surface area contributed by atoms with E-state index in [1.807, 2.05) is 0 Å². The lowest BCUT2D eigenvalue weighted by Gasteiger charge is -2.32. The molecular formula is C12H27NO2. The van der Waals surface area contributed by atoms with Crippen LogP contribution >= 0.6 is 0 Å². The zero-order valence-electron chi connectivity index (χ0n) is 10.8. The third-order valence-corrected chi connectivity index (χ3v) is 2.63. The van der Waals surface area contributed by atoms with E-state index in [0.29, 0.717) is 12.0 Å². The first kappa shape index (κ1) is 14.9. The van der Waals surface area contributed by atoms with Crippen LogP contribution in [0.4, 0.5) is 0 Å². The molecule has 0 radical (unpaired) electrons. The highest BCUT2D eigenvalue weighted by molar-refractivity contribution is 4.80. The molecule has 0 amide bonds. The van der Waals surface area contributed by atoms with Crippen molar-refractivity contribution in [2.45, 2.75) is 40.2 Å². The van der Waals surface area contributed by atoms with Gasteiger partial charge in [-0.15, -0.1) is 0 Å². The minimum atomic E-state index is 0.190. The van der Waals surface area contributed by atoms with Crippen LogP contribution < -0.4 is 5.32 Å². The van der Waals surface area contributed by atoms with Crippen LogP contribution in [0.2, 0.25) is 0 Å². The van der Waals surface area contributed by atoms with Gasteiger partial charge in [0.2, 0.25) is 0 Å². The molecule has 0 saturated carbocycles. The average molecular weight is 217 g/mol. The molecule has 0 fully saturated rings. The summed E-state index contributed by atoms with van der Waals surface area (Å²) in [6.45, 7) is 10.7. The van der Waals surface area contributed by atoms with Crippen molar-refractivity contribution in [3.05, 3.63) is 0 Å². The van der Waals surface area contributed by atoms with Crippen LogP contribution in [0.5, 0.6) is 0 Å². The predicted molar refractivity (Wildman–Crippen MR) is 64.0 cm³/mol. The Bertz CT molecular complexity index is 154. The van der Waals surface area contributed by atoms with Crippen LogP contribution in [0.25, 0.3) is 0 Å². The number of nitrogens with one attached hydrogen (secondary N) is 1. The van der Waals surface area contributed by atoms with Gasteiger partial charge in [-0.2, -0.15) is 0 Å². The Morgan fingerprint density at radius 3 is 2.33 bits per heavy atom. The summed E-state index contributed by atoms with van der Waals surface area (Å²) >= 11 is 0. The van der Waals surface area contributed by atoms with Crippen LogP contribution in [0, 0.1) is 11.3 Å². The van der Waals surface area contributed by atoms with Gasteiger partial charge in [-0.25, -0.2) is 0 Å². The Kier molecular flexibility index (Phi) is 7.14. The summed E-state index contributed by atoms with van der Waals surface area (Å²) < 4.78 is 5.09. The monoisotopic (exact) mass is 217 g/mol. The van der Waals surface area contributed by atoms with Crippen LogP contribution in [-0.4, -0.2) is 38.0 Å². The summed E-state index contributed by atoms with van der Waals surface area (Å²) in [5.41, 5.74) is 0.190. The minimum Gasteiger partial charge on any atom is -0.396 e. The fourth-order valence-corrected chi connectivity index (χ4v) is 1.66. The molecule has 3 heteroatoms. The van der Waals surface area contributed by atoms with Crippen molar-refractivity contribution in [1.82, 2.24) is 5.32 Å². The molecule has 0 aromatic rings. The quantitative estimate of drug-likeness (QED) is 0.681. The van der Waals surface area contributed by atoms with Crippen LogP contribution in [0.3, 0.4) is 0 Å². The lowest BCUT2D eigenvalue weighted by Crippen LogP contribution is -2.43. The number of aliphatic hydroxyl groups excluding tert-OH is 1. The summed E-state index contributed by atoms with van der Waals surface area (Å²) in [5.74, 6) is 0.513. The first-order valence-electron chi connectivity index (χ1n) is 5.75. The smallest absolute Gasteiger partial charge is 0.0499 e. The van der Waals surface area contributed by atoms with E-state index >= 15 is 0 Å². The average Bonchev–Trinajstić information content (AvgIpc) is 2.10. The van der Waals surface area contributed by atoms with Gasteiger partial charge in [0.15, 0.2) is 0 Å². The number of ether oxygens (including phenoxy) is 1. The molecule has 0 heterocycles. The lowest BCUT2D eigenvalue weighted by atomic mass is 9.84. The molecule has 2 N–H and O–H groups in total. The highest BCUT2D eigenvalue weighted by Gasteiger charge is 2.23. The second kappa shape index (κ2) is 7.20. The molecule has 3 nitrogen and oxygen atoms in total. The standard InChI is InChI=1S/C12H27NO2/c1-10(9-15-5)8-13-11(6-7-14)12(2,3)4/h10-11,13-14H,6-9H2,1-5H3. The van der Waals surface area contributed by atoms with Crippen molar-refractivity contribution in [2.24, 2.45) is 11.3 Å². The van der Waals surface area contributed by atoms with Crippen molar-refractivity contribution < 1.29 is 9.84 Å². The second-order valence-corrected chi connectivity index (χ2v) is 5.40. The van der Waals surface area contributed by atoms with Gasteiger partial charge in [-0.1, -0.05) is 27.7 Å². The van der Waals surface area contributed by atoms with E-state index in [0.717, 1.165) is 19.6 Å². The Labute approximate surface area is 94.2 Å². The van der Waals surface area contributed by atoms with E-state index in [9.17, 15) is 0 Å². The number of methoxy groups -OCH3 is 1. The topological polar surface area (TPSA) is 41.5 Å². The van der Waals surface area contributed by atoms with Gasteiger partial charge in [0, 0.05) is 32.9 Å². The Morgan fingerprint density at radius 1 is 1.33 bits per heavy atom. The summed E-state index contributed by atoms with van der Waals surface area (Å²) in [6.07, 6.45) is 0.809. The predicted octanol–water partition coefficient (Wildman–Crippen LogP) is 1.66. The molecule has 0 rings (SSSR count). The highest BCUT2D eigenvalue weighted by Crippen LogP contribution is 2.21. The maximum atomic E-state index is 9.00. The summed E-state index contributed by atoms with van der Waals surface area (Å²) in [4.78, 5) is 0. The number of hydrogen-bond donors (Lipinski definition) is 2. The fourth-order valence-electron chi connectivity index (χ4n) is 1.66. The van der Waals surface area contributed by atoms with E-state index in [2.05, 4.69) is 33.0 Å². The molecule has 0 bridgehead atoms. The SMILES string of the molecule is COCC(C)CNC(CCO)C(C)(C)C. The van der Waals surface area contributed by atoms with E-state index in [4.69, 9.17) is 9.84 Å². The van der Waals surface area contributed by atoms with E-state index in [-0.39, 0.29) is 12.0 Å². The summed E-state index contributed by atoms with van der Waals surface area (Å²) in [7, 11) is 1.73. The molecule has 0 aliphatic rings. The second-order valence-electron chi connectivity index (χ2n) is 5.40. The molecule has 0 aromatic heterocycles. The normalized spacial score (nSPS) is 16.4. The van der Waals surface area contributed by atoms with Crippen molar-refractivity contribution in [1.29, 1.82) is 0 Å². The van der Waals surface area contributed by atoms with Crippen LogP contribution in [0.1, 0.15) is 34.1 Å². The zero-order chi connectivity index (χ0) is 11.9. The molecule has 2 atom stereocenters. The first-order chi connectivity index (χ1) is 6.91. The van der Waals surface area contributed by atoms with Gasteiger partial charge in [-0.05, 0) is 17.8 Å². The maximum absolute atomic E-state index is 9.00. The Morgan fingerprint density at radius 2 is 1.93 bits per heavy atom. The molecule has 0 aromatic carbocycles. The van der Waals surface area contributed by atoms with Gasteiger partial charge in [0.1, 0.15) is 0 Å². The summed E-state index contributed by atoms with van der Waals surface area (Å²) in [5, 5.41) is 12.5. The largest absolute Gasteiger partial charge is 0.396 e. The maximum Gasteiger partial charge on any atom is 0.0499 e. The molecule has 92 valence electrons. The van der Waals surface area contributed by atoms with Crippen LogP contribution in [0.15, 0.2) is 0 Å². The van der Waals surface area contributed by atoms with Crippen molar-refractivity contribution in [3.63, 3.8) is 0 Å². The Hall–Kier alpha value is -0.120. The van der Waals surface area contributed by atoms with E-state index < -0.39 is 0 Å². The fraction of sp³-hybridized carbons (Fsp3) is 1.00. The van der Waals surface area contributed by atoms with Gasteiger partial charge in [0.25, 0.3) is 0 Å². The molecule has 2 unspecified atom stereocenters. The van der Waals surface area contributed by atoms with Gasteiger partial charge >= 0.3 is 0 Å². The molecule has 0 aliphatic heterocycles. The van der Waals surface area contributed by atoms with Gasteiger partial charge in [0.05, 0.1) is 0 Å². The molecule has 0 aliphatic carbocycles. The van der Waals surface area contributed by atoms with E-state index in [1.54, 1.807) is 7.11 Å². The third-order valence-electron chi connectivity index (χ3n) is 2.63. The van der Waals surface area contributed by atoms with Crippen molar-refractivity contribution in [2.75, 3.05) is 26.9 Å². The first-order valence-corrected chi connectivity index (χ1v) is 5.75. The molecule has 0 saturated heterocycles. The highest BCUT2D eigenvalue weighted by atomic mass is 16.5. The zero-order valence-corrected chi connectivity index (χ0v) is 10.8. The molecule has 0 spiro atoms. The van der Waals surface area contributed by atoms with Crippen molar-refractivity contribution in [3.8, 4) is 0 Å². The van der Waals surface area contributed by atoms with Gasteiger partial charge in [-0.3, -0.25) is 0 Å². The number of hydrogen-bond acceptors (Lipinski definition) is 3. The summed E-state index contributed by atoms with van der Waals surface area (Å²) in [6, 6.07) is 0.363.